The van der Waals surface area contributed by atoms with Crippen molar-refractivity contribution in [2.24, 2.45) is 14.1 Å². The minimum absolute atomic E-state index is 0.0345. The molecule has 0 aliphatic carbocycles. The molecule has 0 N–H and O–H groups in total. The Labute approximate surface area is 98.6 Å². The largest absolute Gasteiger partial charge is 0.383 e. The minimum Gasteiger partial charge on any atom is -0.383 e. The molecule has 1 rings (SSSR count). The van der Waals surface area contributed by atoms with Gasteiger partial charge in [-0.05, 0) is 6.08 Å². The lowest BCUT2D eigenvalue weighted by Gasteiger charge is -2.09. The molecule has 6 heteroatoms. The normalized spacial score (nSPS) is 10.5. The third kappa shape index (κ3) is 2.28. The second-order valence-corrected chi connectivity index (χ2v) is 3.86. The molecular weight excluding hydrogens is 220 g/mol. The van der Waals surface area contributed by atoms with Crippen molar-refractivity contribution in [3.63, 3.8) is 0 Å². The Kier molecular flexibility index (Phi) is 3.53. The monoisotopic (exact) mass is 234 g/mol. The van der Waals surface area contributed by atoms with Crippen molar-refractivity contribution in [2.45, 2.75) is 0 Å². The molecule has 1 heterocycles. The van der Waals surface area contributed by atoms with Gasteiger partial charge in [0.25, 0.3) is 5.56 Å². The highest BCUT2D eigenvalue weighted by Gasteiger charge is 2.12. The van der Waals surface area contributed by atoms with Crippen LogP contribution in [0, 0.1) is 11.3 Å². The van der Waals surface area contributed by atoms with Crippen molar-refractivity contribution in [3.05, 3.63) is 38.3 Å². The van der Waals surface area contributed by atoms with Gasteiger partial charge in [0.15, 0.2) is 0 Å². The summed E-state index contributed by atoms with van der Waals surface area (Å²) >= 11 is 0. The fraction of sp³-hybridized carbons (Fsp3) is 0.364. The molecule has 0 atom stereocenters. The van der Waals surface area contributed by atoms with Gasteiger partial charge in [-0.25, -0.2) is 4.79 Å². The summed E-state index contributed by atoms with van der Waals surface area (Å²) in [5, 5.41) is 8.98. The first kappa shape index (κ1) is 12.8. The van der Waals surface area contributed by atoms with Crippen molar-refractivity contribution in [1.82, 2.24) is 14.0 Å². The summed E-state index contributed by atoms with van der Waals surface area (Å²) in [7, 11) is 6.49. The maximum atomic E-state index is 11.7. The Morgan fingerprint density at radius 3 is 2.29 bits per heavy atom. The van der Waals surface area contributed by atoms with E-state index in [1.165, 1.54) is 18.7 Å². The first-order chi connectivity index (χ1) is 7.90. The maximum absolute atomic E-state index is 11.7. The first-order valence-corrected chi connectivity index (χ1v) is 4.95. The third-order valence-corrected chi connectivity index (χ3v) is 2.35. The van der Waals surface area contributed by atoms with Crippen LogP contribution in [0.1, 0.15) is 11.3 Å². The van der Waals surface area contributed by atoms with Crippen molar-refractivity contribution >= 4 is 6.08 Å². The highest BCUT2D eigenvalue weighted by molar-refractivity contribution is 5.53. The number of aromatic nitrogens is 2. The molecule has 0 spiro atoms. The Balaban J connectivity index is 3.67. The Bertz CT molecular complexity index is 614. The van der Waals surface area contributed by atoms with Crippen LogP contribution in [0.3, 0.4) is 0 Å². The maximum Gasteiger partial charge on any atom is 0.330 e. The SMILES string of the molecule is CN(C)C=Cc1c(C#N)c(=O)n(C)c(=O)n1C. The van der Waals surface area contributed by atoms with Gasteiger partial charge in [0.1, 0.15) is 11.6 Å². The summed E-state index contributed by atoms with van der Waals surface area (Å²) in [6.07, 6.45) is 3.25. The van der Waals surface area contributed by atoms with Crippen LogP contribution in [0.25, 0.3) is 6.08 Å². The zero-order valence-electron chi connectivity index (χ0n) is 10.3. The Morgan fingerprint density at radius 1 is 1.24 bits per heavy atom. The smallest absolute Gasteiger partial charge is 0.330 e. The summed E-state index contributed by atoms with van der Waals surface area (Å²) in [5.41, 5.74) is -0.747. The molecule has 0 bridgehead atoms. The van der Waals surface area contributed by atoms with E-state index < -0.39 is 11.2 Å². The molecular formula is C11H14N4O2. The summed E-state index contributed by atoms with van der Waals surface area (Å²) in [4.78, 5) is 25.2. The van der Waals surface area contributed by atoms with Gasteiger partial charge < -0.3 is 4.90 Å². The van der Waals surface area contributed by atoms with Crippen molar-refractivity contribution in [3.8, 4) is 6.07 Å². The van der Waals surface area contributed by atoms with E-state index in [2.05, 4.69) is 0 Å². The summed E-state index contributed by atoms with van der Waals surface area (Å²) in [5.74, 6) is 0. The molecule has 1 aromatic heterocycles. The van der Waals surface area contributed by atoms with Gasteiger partial charge in [-0.2, -0.15) is 5.26 Å². The molecule has 6 nitrogen and oxygen atoms in total. The standard InChI is InChI=1S/C11H14N4O2/c1-13(2)6-5-9-8(7-12)10(16)15(4)11(17)14(9)3/h5-6H,1-4H3. The average Bonchev–Trinajstić information content (AvgIpc) is 2.29. The van der Waals surface area contributed by atoms with Gasteiger partial charge in [0.2, 0.25) is 0 Å². The lowest BCUT2D eigenvalue weighted by molar-refractivity contribution is 0.566. The topological polar surface area (TPSA) is 71.0 Å². The fourth-order valence-corrected chi connectivity index (χ4v) is 1.38. The second kappa shape index (κ2) is 4.70. The van der Waals surface area contributed by atoms with Crippen LogP contribution in [-0.2, 0) is 14.1 Å². The predicted molar refractivity (Wildman–Crippen MR) is 64.4 cm³/mol. The number of hydrogen-bond acceptors (Lipinski definition) is 4. The number of nitrogens with zero attached hydrogens (tertiary/aromatic N) is 4. The van der Waals surface area contributed by atoms with Gasteiger partial charge in [0, 0.05) is 34.4 Å². The lowest BCUT2D eigenvalue weighted by atomic mass is 10.2. The van der Waals surface area contributed by atoms with Crippen LogP contribution in [0.5, 0.6) is 0 Å². The Hall–Kier alpha value is -2.29. The van der Waals surface area contributed by atoms with E-state index in [1.807, 2.05) is 20.2 Å². The number of hydrogen-bond donors (Lipinski definition) is 0. The fourth-order valence-electron chi connectivity index (χ4n) is 1.38. The van der Waals surface area contributed by atoms with Gasteiger partial charge in [-0.1, -0.05) is 0 Å². The van der Waals surface area contributed by atoms with E-state index in [4.69, 9.17) is 5.26 Å². The molecule has 0 amide bonds. The van der Waals surface area contributed by atoms with E-state index in [0.717, 1.165) is 4.57 Å². The zero-order valence-corrected chi connectivity index (χ0v) is 10.3. The van der Waals surface area contributed by atoms with Crippen LogP contribution >= 0.6 is 0 Å². The molecule has 90 valence electrons. The second-order valence-electron chi connectivity index (χ2n) is 3.86. The quantitative estimate of drug-likeness (QED) is 0.691. The molecule has 0 aliphatic heterocycles. The molecule has 0 aromatic carbocycles. The minimum atomic E-state index is -0.575. The molecule has 17 heavy (non-hydrogen) atoms. The Morgan fingerprint density at radius 2 is 1.82 bits per heavy atom. The van der Waals surface area contributed by atoms with Gasteiger partial charge in [-0.3, -0.25) is 13.9 Å². The van der Waals surface area contributed by atoms with E-state index >= 15 is 0 Å². The predicted octanol–water partition coefficient (Wildman–Crippen LogP) is -0.512. The lowest BCUT2D eigenvalue weighted by Crippen LogP contribution is -2.39. The molecule has 1 aromatic rings. The molecule has 0 saturated carbocycles. The number of nitriles is 1. The van der Waals surface area contributed by atoms with Crippen LogP contribution in [0.15, 0.2) is 15.8 Å². The van der Waals surface area contributed by atoms with Gasteiger partial charge in [0.05, 0.1) is 5.69 Å². The van der Waals surface area contributed by atoms with Crippen LogP contribution < -0.4 is 11.2 Å². The van der Waals surface area contributed by atoms with Crippen molar-refractivity contribution in [2.75, 3.05) is 14.1 Å². The summed E-state index contributed by atoms with van der Waals surface area (Å²) in [6.45, 7) is 0. The van der Waals surface area contributed by atoms with E-state index in [0.29, 0.717) is 5.69 Å². The van der Waals surface area contributed by atoms with Crippen LogP contribution in [0.2, 0.25) is 0 Å². The van der Waals surface area contributed by atoms with Crippen molar-refractivity contribution < 1.29 is 0 Å². The summed E-state index contributed by atoms with van der Waals surface area (Å²) in [6, 6.07) is 1.83. The first-order valence-electron chi connectivity index (χ1n) is 4.95. The van der Waals surface area contributed by atoms with Crippen molar-refractivity contribution in [1.29, 1.82) is 5.26 Å². The third-order valence-electron chi connectivity index (χ3n) is 2.35. The summed E-state index contributed by atoms with van der Waals surface area (Å²) < 4.78 is 2.20. The van der Waals surface area contributed by atoms with Crippen LogP contribution in [-0.4, -0.2) is 28.1 Å². The molecule has 0 saturated heterocycles. The molecule has 0 fully saturated rings. The van der Waals surface area contributed by atoms with Gasteiger partial charge in [-0.15, -0.1) is 0 Å². The van der Waals surface area contributed by atoms with Crippen LogP contribution in [0.4, 0.5) is 0 Å². The molecule has 0 unspecified atom stereocenters. The zero-order chi connectivity index (χ0) is 13.2. The highest BCUT2D eigenvalue weighted by Crippen LogP contribution is 2.02. The molecule has 0 aliphatic rings. The molecule has 0 radical (unpaired) electrons. The van der Waals surface area contributed by atoms with E-state index in [-0.39, 0.29) is 5.56 Å². The highest BCUT2D eigenvalue weighted by atomic mass is 16.2. The van der Waals surface area contributed by atoms with E-state index in [9.17, 15) is 9.59 Å². The average molecular weight is 234 g/mol. The number of rotatable bonds is 2. The van der Waals surface area contributed by atoms with Gasteiger partial charge >= 0.3 is 5.69 Å². The van der Waals surface area contributed by atoms with E-state index in [1.54, 1.807) is 17.2 Å².